The van der Waals surface area contributed by atoms with Crippen LogP contribution < -0.4 is 0 Å². The molecule has 0 aliphatic heterocycles. The molecule has 1 atom stereocenters. The first-order valence-electron chi connectivity index (χ1n) is 7.87. The highest BCUT2D eigenvalue weighted by molar-refractivity contribution is 7.86. The van der Waals surface area contributed by atoms with Crippen LogP contribution in [0, 0.1) is 5.41 Å². The third kappa shape index (κ3) is 4.90. The van der Waals surface area contributed by atoms with Crippen LogP contribution >= 0.6 is 0 Å². The van der Waals surface area contributed by atoms with Gasteiger partial charge in [-0.2, -0.15) is 8.42 Å². The lowest BCUT2D eigenvalue weighted by Crippen LogP contribution is -2.20. The highest BCUT2D eigenvalue weighted by atomic mass is 32.2. The van der Waals surface area contributed by atoms with Crippen molar-refractivity contribution < 1.29 is 22.5 Å². The summed E-state index contributed by atoms with van der Waals surface area (Å²) in [4.78, 5) is 10.4. The van der Waals surface area contributed by atoms with E-state index in [1.165, 1.54) is 12.1 Å². The van der Waals surface area contributed by atoms with E-state index in [0.717, 1.165) is 11.1 Å². The molecule has 0 spiro atoms. The second-order valence-electron chi connectivity index (χ2n) is 6.89. The van der Waals surface area contributed by atoms with Crippen LogP contribution in [0.2, 0.25) is 0 Å². The Kier molecular flexibility index (Phi) is 5.65. The Morgan fingerprint density at radius 3 is 2.00 bits per heavy atom. The fourth-order valence-electron chi connectivity index (χ4n) is 2.86. The highest BCUT2D eigenvalue weighted by Gasteiger charge is 2.28. The Morgan fingerprint density at radius 2 is 1.52 bits per heavy atom. The Morgan fingerprint density at radius 1 is 1.00 bits per heavy atom. The average Bonchev–Trinajstić information content (AvgIpc) is 2.53. The number of aliphatic carboxylic acids is 1. The van der Waals surface area contributed by atoms with E-state index in [1.807, 2.05) is 18.2 Å². The molecule has 0 heterocycles. The molecule has 0 aromatic heterocycles. The van der Waals surface area contributed by atoms with E-state index in [4.69, 9.17) is 5.11 Å². The van der Waals surface area contributed by atoms with Crippen molar-refractivity contribution in [3.05, 3.63) is 65.7 Å². The zero-order chi connectivity index (χ0) is 18.7. The lowest BCUT2D eigenvalue weighted by Gasteiger charge is -2.32. The van der Waals surface area contributed by atoms with Gasteiger partial charge in [-0.15, -0.1) is 0 Å². The van der Waals surface area contributed by atoms with Gasteiger partial charge in [0.05, 0.1) is 4.90 Å². The first kappa shape index (κ1) is 19.1. The summed E-state index contributed by atoms with van der Waals surface area (Å²) >= 11 is 0. The lowest BCUT2D eigenvalue weighted by molar-refractivity contribution is -0.139. The van der Waals surface area contributed by atoms with Gasteiger partial charge in [0.1, 0.15) is 0 Å². The van der Waals surface area contributed by atoms with Gasteiger partial charge >= 0.3 is 5.97 Å². The molecule has 1 N–H and O–H groups in total. The summed E-state index contributed by atoms with van der Waals surface area (Å²) in [5.41, 5.74) is 2.06. The second-order valence-corrected chi connectivity index (χ2v) is 8.50. The predicted molar refractivity (Wildman–Crippen MR) is 95.0 cm³/mol. The molecule has 134 valence electrons. The molecule has 0 radical (unpaired) electrons. The predicted octanol–water partition coefficient (Wildman–Crippen LogP) is 3.65. The molecule has 0 bridgehead atoms. The van der Waals surface area contributed by atoms with Crippen LogP contribution in [-0.2, 0) is 19.1 Å². The Hall–Kier alpha value is -2.18. The van der Waals surface area contributed by atoms with Crippen molar-refractivity contribution >= 4 is 16.1 Å². The normalized spacial score (nSPS) is 13.4. The van der Waals surface area contributed by atoms with Gasteiger partial charge in [0.2, 0.25) is 0 Å². The number of benzene rings is 2. The minimum Gasteiger partial charge on any atom is -0.479 e. The molecular weight excluding hydrogens is 340 g/mol. The molecule has 2 aromatic rings. The molecule has 25 heavy (non-hydrogen) atoms. The Bertz CT molecular complexity index is 818. The first-order valence-corrected chi connectivity index (χ1v) is 9.28. The van der Waals surface area contributed by atoms with Crippen LogP contribution in [0.1, 0.15) is 37.8 Å². The van der Waals surface area contributed by atoms with Crippen molar-refractivity contribution in [3.63, 3.8) is 0 Å². The van der Waals surface area contributed by atoms with Gasteiger partial charge in [-0.25, -0.2) is 4.79 Å². The standard InChI is InChI=1S/C19H22O5S/c1-19(2,3)18(14-7-5-4-6-8-14)15-9-11-16(12-10-15)25(22,23)24-13-17(20)21/h4-12,18H,13H2,1-3H3,(H,20,21). The van der Waals surface area contributed by atoms with Crippen LogP contribution in [0.3, 0.4) is 0 Å². The summed E-state index contributed by atoms with van der Waals surface area (Å²) in [7, 11) is -4.08. The number of carbonyl (C=O) groups is 1. The molecule has 0 fully saturated rings. The molecular formula is C19H22O5S. The molecule has 0 saturated heterocycles. The number of rotatable bonds is 6. The Balaban J connectivity index is 2.35. The van der Waals surface area contributed by atoms with E-state index in [-0.39, 0.29) is 16.2 Å². The fraction of sp³-hybridized carbons (Fsp3) is 0.316. The molecule has 2 rings (SSSR count). The van der Waals surface area contributed by atoms with E-state index in [0.29, 0.717) is 0 Å². The van der Waals surface area contributed by atoms with Crippen molar-refractivity contribution in [1.82, 2.24) is 0 Å². The maximum absolute atomic E-state index is 12.0. The van der Waals surface area contributed by atoms with Gasteiger partial charge < -0.3 is 5.11 Å². The second kappa shape index (κ2) is 7.37. The van der Waals surface area contributed by atoms with E-state index in [2.05, 4.69) is 37.1 Å². The van der Waals surface area contributed by atoms with Gasteiger partial charge in [0, 0.05) is 5.92 Å². The third-order valence-electron chi connectivity index (χ3n) is 3.84. The van der Waals surface area contributed by atoms with E-state index < -0.39 is 22.7 Å². The van der Waals surface area contributed by atoms with Crippen molar-refractivity contribution in [3.8, 4) is 0 Å². The van der Waals surface area contributed by atoms with Crippen molar-refractivity contribution in [2.24, 2.45) is 5.41 Å². The van der Waals surface area contributed by atoms with Gasteiger partial charge in [-0.05, 0) is 28.7 Å². The molecule has 0 amide bonds. The third-order valence-corrected chi connectivity index (χ3v) is 5.12. The zero-order valence-electron chi connectivity index (χ0n) is 14.5. The molecule has 6 heteroatoms. The highest BCUT2D eigenvalue weighted by Crippen LogP contribution is 2.40. The van der Waals surface area contributed by atoms with Crippen LogP contribution in [0.25, 0.3) is 0 Å². The van der Waals surface area contributed by atoms with Gasteiger partial charge in [0.25, 0.3) is 10.1 Å². The summed E-state index contributed by atoms with van der Waals surface area (Å²) < 4.78 is 28.5. The monoisotopic (exact) mass is 362 g/mol. The van der Waals surface area contributed by atoms with Crippen LogP contribution in [0.5, 0.6) is 0 Å². The average molecular weight is 362 g/mol. The quantitative estimate of drug-likeness (QED) is 0.793. The van der Waals surface area contributed by atoms with Gasteiger partial charge in [0.15, 0.2) is 6.61 Å². The topological polar surface area (TPSA) is 80.7 Å². The molecule has 2 aromatic carbocycles. The molecule has 0 aliphatic rings. The van der Waals surface area contributed by atoms with E-state index in [1.54, 1.807) is 12.1 Å². The first-order chi connectivity index (χ1) is 11.6. The largest absolute Gasteiger partial charge is 0.479 e. The fourth-order valence-corrected chi connectivity index (χ4v) is 3.72. The molecule has 5 nitrogen and oxygen atoms in total. The maximum atomic E-state index is 12.0. The SMILES string of the molecule is CC(C)(C)C(c1ccccc1)c1ccc(S(=O)(=O)OCC(=O)O)cc1. The van der Waals surface area contributed by atoms with Crippen LogP contribution in [-0.4, -0.2) is 26.1 Å². The molecule has 1 unspecified atom stereocenters. The van der Waals surface area contributed by atoms with E-state index in [9.17, 15) is 13.2 Å². The number of carboxylic acid groups (broad SMARTS) is 1. The van der Waals surface area contributed by atoms with Crippen molar-refractivity contribution in [2.45, 2.75) is 31.6 Å². The number of carboxylic acids is 1. The van der Waals surface area contributed by atoms with Crippen LogP contribution in [0.4, 0.5) is 0 Å². The van der Waals surface area contributed by atoms with Crippen LogP contribution in [0.15, 0.2) is 59.5 Å². The van der Waals surface area contributed by atoms with Gasteiger partial charge in [-0.3, -0.25) is 4.18 Å². The lowest BCUT2D eigenvalue weighted by atomic mass is 9.73. The summed E-state index contributed by atoms with van der Waals surface area (Å²) in [5, 5.41) is 8.57. The van der Waals surface area contributed by atoms with E-state index >= 15 is 0 Å². The molecule has 0 saturated carbocycles. The summed E-state index contributed by atoms with van der Waals surface area (Å²) in [5.74, 6) is -1.25. The maximum Gasteiger partial charge on any atom is 0.331 e. The summed E-state index contributed by atoms with van der Waals surface area (Å²) in [6, 6.07) is 16.4. The van der Waals surface area contributed by atoms with Crippen molar-refractivity contribution in [2.75, 3.05) is 6.61 Å². The van der Waals surface area contributed by atoms with Gasteiger partial charge in [-0.1, -0.05) is 63.2 Å². The number of hydrogen-bond acceptors (Lipinski definition) is 4. The molecule has 0 aliphatic carbocycles. The summed E-state index contributed by atoms with van der Waals surface area (Å²) in [6.07, 6.45) is 0. The Labute approximate surface area is 148 Å². The summed E-state index contributed by atoms with van der Waals surface area (Å²) in [6.45, 7) is 5.50. The van der Waals surface area contributed by atoms with Crippen molar-refractivity contribution in [1.29, 1.82) is 0 Å². The minimum absolute atomic E-state index is 0.0572. The number of hydrogen-bond donors (Lipinski definition) is 1. The smallest absolute Gasteiger partial charge is 0.331 e. The zero-order valence-corrected chi connectivity index (χ0v) is 15.3. The minimum atomic E-state index is -4.08.